The van der Waals surface area contributed by atoms with Gasteiger partial charge in [0.05, 0.1) is 0 Å². The maximum absolute atomic E-state index is 12.9. The lowest BCUT2D eigenvalue weighted by Gasteiger charge is -2.29. The van der Waals surface area contributed by atoms with Gasteiger partial charge in [0.1, 0.15) is 23.0 Å². The molecule has 8 heteroatoms. The molecular formula is C26H33N5O3. The Kier molecular flexibility index (Phi) is 7.49. The Labute approximate surface area is 201 Å². The quantitative estimate of drug-likeness (QED) is 0.492. The van der Waals surface area contributed by atoms with Gasteiger partial charge in [0.2, 0.25) is 5.82 Å². The molecule has 1 aromatic heterocycles. The number of aromatic nitrogens is 4. The minimum absolute atomic E-state index is 0.285. The van der Waals surface area contributed by atoms with Crippen molar-refractivity contribution >= 4 is 6.09 Å². The first kappa shape index (κ1) is 25.1. The Balaban J connectivity index is 1.87. The van der Waals surface area contributed by atoms with E-state index in [0.717, 1.165) is 16.9 Å². The predicted molar refractivity (Wildman–Crippen MR) is 130 cm³/mol. The summed E-state index contributed by atoms with van der Waals surface area (Å²) < 4.78 is 11.5. The number of carbonyl (C=O) groups is 1. The summed E-state index contributed by atoms with van der Waals surface area (Å²) in [5.74, 6) is 1.54. The largest absolute Gasteiger partial charge is 0.488 e. The maximum Gasteiger partial charge on any atom is 0.410 e. The van der Waals surface area contributed by atoms with Crippen LogP contribution in [0.5, 0.6) is 5.75 Å². The van der Waals surface area contributed by atoms with E-state index in [1.165, 1.54) is 4.90 Å². The van der Waals surface area contributed by atoms with Crippen molar-refractivity contribution < 1.29 is 14.3 Å². The molecule has 0 bridgehead atoms. The summed E-state index contributed by atoms with van der Waals surface area (Å²) in [6.07, 6.45) is -0.0134. The molecule has 1 heterocycles. The van der Waals surface area contributed by atoms with E-state index in [0.29, 0.717) is 18.1 Å². The van der Waals surface area contributed by atoms with Gasteiger partial charge in [-0.3, -0.25) is 0 Å². The smallest absolute Gasteiger partial charge is 0.410 e. The summed E-state index contributed by atoms with van der Waals surface area (Å²) in [4.78, 5) is 14.3. The highest BCUT2D eigenvalue weighted by molar-refractivity contribution is 5.68. The van der Waals surface area contributed by atoms with Gasteiger partial charge in [-0.2, -0.15) is 0 Å². The van der Waals surface area contributed by atoms with Gasteiger partial charge in [-0.1, -0.05) is 42.5 Å². The number of ether oxygens (including phenoxy) is 2. The van der Waals surface area contributed by atoms with Crippen molar-refractivity contribution in [3.05, 3.63) is 66.0 Å². The monoisotopic (exact) mass is 463 g/mol. The zero-order valence-electron chi connectivity index (χ0n) is 20.9. The Morgan fingerprint density at radius 2 is 1.44 bits per heavy atom. The third kappa shape index (κ3) is 7.23. The number of rotatable bonds is 6. The van der Waals surface area contributed by atoms with Crippen LogP contribution in [0.3, 0.4) is 0 Å². The average Bonchev–Trinajstić information content (AvgIpc) is 2.77. The molecule has 1 unspecified atom stereocenters. The van der Waals surface area contributed by atoms with Gasteiger partial charge in [0.25, 0.3) is 0 Å². The maximum atomic E-state index is 12.9. The van der Waals surface area contributed by atoms with Crippen molar-refractivity contribution in [1.29, 1.82) is 0 Å². The molecule has 0 radical (unpaired) electrons. The predicted octanol–water partition coefficient (Wildman–Crippen LogP) is 5.26. The Morgan fingerprint density at radius 1 is 0.853 bits per heavy atom. The molecule has 0 saturated heterocycles. The molecule has 0 N–H and O–H groups in total. The van der Waals surface area contributed by atoms with Crippen LogP contribution in [0, 0.1) is 0 Å². The van der Waals surface area contributed by atoms with Gasteiger partial charge < -0.3 is 14.4 Å². The van der Waals surface area contributed by atoms with Gasteiger partial charge in [-0.15, -0.1) is 20.4 Å². The summed E-state index contributed by atoms with van der Waals surface area (Å²) in [6.45, 7) is 11.5. The van der Waals surface area contributed by atoms with Gasteiger partial charge in [-0.05, 0) is 59.2 Å². The van der Waals surface area contributed by atoms with Crippen LogP contribution in [0.1, 0.15) is 59.0 Å². The second-order valence-electron chi connectivity index (χ2n) is 10.1. The van der Waals surface area contributed by atoms with Gasteiger partial charge in [-0.25, -0.2) is 4.79 Å². The Bertz CT molecular complexity index is 1070. The van der Waals surface area contributed by atoms with Crippen LogP contribution in [0.25, 0.3) is 11.4 Å². The standard InChI is InChI=1S/C26H33N5O3/c1-25(2,3)33-20-15-13-18(14-16-20)17-21(31(7)24(32)34-26(4,5)6)23-29-27-22(28-30-23)19-11-9-8-10-12-19/h8-16,21H,17H2,1-7H3. The molecule has 0 saturated carbocycles. The number of hydrogen-bond donors (Lipinski definition) is 0. The lowest BCUT2D eigenvalue weighted by atomic mass is 10.0. The van der Waals surface area contributed by atoms with E-state index < -0.39 is 17.7 Å². The molecule has 3 rings (SSSR count). The molecule has 34 heavy (non-hydrogen) atoms. The van der Waals surface area contributed by atoms with Crippen molar-refractivity contribution in [1.82, 2.24) is 25.3 Å². The van der Waals surface area contributed by atoms with Crippen LogP contribution in [-0.2, 0) is 11.2 Å². The van der Waals surface area contributed by atoms with E-state index in [4.69, 9.17) is 9.47 Å². The van der Waals surface area contributed by atoms with Crippen LogP contribution in [0.15, 0.2) is 54.6 Å². The molecule has 1 amide bonds. The third-order valence-electron chi connectivity index (χ3n) is 4.75. The molecule has 2 aromatic carbocycles. The number of likely N-dealkylation sites (N-methyl/N-ethyl adjacent to an activating group) is 1. The van der Waals surface area contributed by atoms with E-state index in [2.05, 4.69) is 20.4 Å². The van der Waals surface area contributed by atoms with Crippen LogP contribution in [0.4, 0.5) is 4.79 Å². The summed E-state index contributed by atoms with van der Waals surface area (Å²) in [5, 5.41) is 17.2. The second-order valence-corrected chi connectivity index (χ2v) is 10.1. The lowest BCUT2D eigenvalue weighted by molar-refractivity contribution is 0.0210. The van der Waals surface area contributed by atoms with E-state index in [1.54, 1.807) is 7.05 Å². The fraction of sp³-hybridized carbons (Fsp3) is 0.423. The minimum atomic E-state index is -0.629. The second kappa shape index (κ2) is 10.2. The highest BCUT2D eigenvalue weighted by atomic mass is 16.6. The number of benzene rings is 2. The van der Waals surface area contributed by atoms with Gasteiger partial charge in [0.15, 0.2) is 5.82 Å². The van der Waals surface area contributed by atoms with Crippen LogP contribution >= 0.6 is 0 Å². The van der Waals surface area contributed by atoms with E-state index in [-0.39, 0.29) is 5.60 Å². The Morgan fingerprint density at radius 3 is 1.97 bits per heavy atom. The molecule has 0 aliphatic rings. The van der Waals surface area contributed by atoms with Gasteiger partial charge in [0, 0.05) is 19.0 Å². The molecule has 0 spiro atoms. The van der Waals surface area contributed by atoms with Crippen molar-refractivity contribution in [2.75, 3.05) is 7.05 Å². The van der Waals surface area contributed by atoms with E-state index in [9.17, 15) is 4.79 Å². The first-order chi connectivity index (χ1) is 15.9. The highest BCUT2D eigenvalue weighted by Crippen LogP contribution is 2.26. The number of nitrogens with zero attached hydrogens (tertiary/aromatic N) is 5. The lowest BCUT2D eigenvalue weighted by Crippen LogP contribution is -2.38. The zero-order chi connectivity index (χ0) is 24.9. The fourth-order valence-electron chi connectivity index (χ4n) is 3.21. The normalized spacial score (nSPS) is 12.7. The molecule has 1 atom stereocenters. The summed E-state index contributed by atoms with van der Waals surface area (Å²) in [7, 11) is 1.67. The molecular weight excluding hydrogens is 430 g/mol. The van der Waals surface area contributed by atoms with Crippen molar-refractivity contribution in [3.8, 4) is 17.1 Å². The van der Waals surface area contributed by atoms with Crippen molar-refractivity contribution in [2.24, 2.45) is 0 Å². The van der Waals surface area contributed by atoms with E-state index >= 15 is 0 Å². The Hall–Kier alpha value is -3.55. The summed E-state index contributed by atoms with van der Waals surface area (Å²) in [6, 6.07) is 16.8. The molecule has 0 aliphatic carbocycles. The van der Waals surface area contributed by atoms with E-state index in [1.807, 2.05) is 96.1 Å². The summed E-state index contributed by atoms with van der Waals surface area (Å²) >= 11 is 0. The molecule has 0 fully saturated rings. The number of carbonyl (C=O) groups excluding carboxylic acids is 1. The first-order valence-corrected chi connectivity index (χ1v) is 11.3. The van der Waals surface area contributed by atoms with Crippen LogP contribution in [0.2, 0.25) is 0 Å². The molecule has 180 valence electrons. The van der Waals surface area contributed by atoms with Crippen molar-refractivity contribution in [3.63, 3.8) is 0 Å². The van der Waals surface area contributed by atoms with Gasteiger partial charge >= 0.3 is 6.09 Å². The van der Waals surface area contributed by atoms with Crippen molar-refractivity contribution in [2.45, 2.75) is 65.2 Å². The SMILES string of the molecule is CN(C(=O)OC(C)(C)C)C(Cc1ccc(OC(C)(C)C)cc1)c1nnc(-c2ccccc2)nn1. The van der Waals surface area contributed by atoms with Crippen LogP contribution in [-0.4, -0.2) is 49.6 Å². The fourth-order valence-corrected chi connectivity index (χ4v) is 3.21. The molecule has 0 aliphatic heterocycles. The third-order valence-corrected chi connectivity index (χ3v) is 4.75. The number of amides is 1. The molecule has 8 nitrogen and oxygen atoms in total. The topological polar surface area (TPSA) is 90.3 Å². The zero-order valence-corrected chi connectivity index (χ0v) is 20.9. The molecule has 3 aromatic rings. The first-order valence-electron chi connectivity index (χ1n) is 11.3. The average molecular weight is 464 g/mol. The minimum Gasteiger partial charge on any atom is -0.488 e. The summed E-state index contributed by atoms with van der Waals surface area (Å²) in [5.41, 5.74) is 0.890. The highest BCUT2D eigenvalue weighted by Gasteiger charge is 2.29. The number of hydrogen-bond acceptors (Lipinski definition) is 7. The van der Waals surface area contributed by atoms with Crippen LogP contribution < -0.4 is 4.74 Å².